The second kappa shape index (κ2) is 9.82. The van der Waals surface area contributed by atoms with Gasteiger partial charge in [0.2, 0.25) is 11.8 Å². The summed E-state index contributed by atoms with van der Waals surface area (Å²) >= 11 is 1.36. The fraction of sp³-hybridized carbons (Fsp3) is 0.706. The minimum atomic E-state index is -0.325. The van der Waals surface area contributed by atoms with Gasteiger partial charge in [0.1, 0.15) is 5.76 Å². The maximum absolute atomic E-state index is 12.3. The van der Waals surface area contributed by atoms with Gasteiger partial charge in [0.25, 0.3) is 0 Å². The average Bonchev–Trinajstić information content (AvgIpc) is 3.02. The number of anilines is 1. The molecule has 0 saturated carbocycles. The van der Waals surface area contributed by atoms with Gasteiger partial charge in [-0.2, -0.15) is 0 Å². The van der Waals surface area contributed by atoms with E-state index in [9.17, 15) is 9.59 Å². The van der Waals surface area contributed by atoms with Crippen molar-refractivity contribution >= 4 is 29.4 Å². The Balaban J connectivity index is 1.68. The van der Waals surface area contributed by atoms with Gasteiger partial charge in [-0.1, -0.05) is 5.16 Å². The van der Waals surface area contributed by atoms with E-state index in [1.807, 2.05) is 11.9 Å². The SMILES string of the molecule is CNCCC1CCN(C(=O)CSC(C)C(=O)Nc2cc(C)on2)CC1. The van der Waals surface area contributed by atoms with Crippen molar-refractivity contribution in [2.75, 3.05) is 37.8 Å². The zero-order chi connectivity index (χ0) is 18.2. The van der Waals surface area contributed by atoms with Crippen LogP contribution in [0.15, 0.2) is 10.6 Å². The van der Waals surface area contributed by atoms with Gasteiger partial charge in [0.05, 0.1) is 11.0 Å². The van der Waals surface area contributed by atoms with Crippen molar-refractivity contribution in [1.82, 2.24) is 15.4 Å². The second-order valence-corrected chi connectivity index (χ2v) is 7.81. The van der Waals surface area contributed by atoms with Crippen LogP contribution in [0.1, 0.15) is 31.9 Å². The van der Waals surface area contributed by atoms with Crippen LogP contribution in [0.4, 0.5) is 5.82 Å². The van der Waals surface area contributed by atoms with Crippen molar-refractivity contribution in [3.05, 3.63) is 11.8 Å². The molecule has 1 atom stereocenters. The molecule has 0 radical (unpaired) electrons. The van der Waals surface area contributed by atoms with Gasteiger partial charge in [-0.15, -0.1) is 11.8 Å². The van der Waals surface area contributed by atoms with Crippen molar-refractivity contribution in [3.8, 4) is 0 Å². The molecule has 0 aromatic carbocycles. The van der Waals surface area contributed by atoms with Crippen LogP contribution < -0.4 is 10.6 Å². The first-order chi connectivity index (χ1) is 12.0. The quantitative estimate of drug-likeness (QED) is 0.729. The summed E-state index contributed by atoms with van der Waals surface area (Å²) in [4.78, 5) is 26.4. The summed E-state index contributed by atoms with van der Waals surface area (Å²) in [5.41, 5.74) is 0. The van der Waals surface area contributed by atoms with E-state index in [1.165, 1.54) is 18.2 Å². The highest BCUT2D eigenvalue weighted by Gasteiger charge is 2.24. The van der Waals surface area contributed by atoms with Gasteiger partial charge >= 0.3 is 0 Å². The van der Waals surface area contributed by atoms with Crippen LogP contribution in [0.25, 0.3) is 0 Å². The van der Waals surface area contributed by atoms with Crippen molar-refractivity contribution in [3.63, 3.8) is 0 Å². The lowest BCUT2D eigenvalue weighted by Crippen LogP contribution is -2.40. The van der Waals surface area contributed by atoms with Crippen molar-refractivity contribution in [1.29, 1.82) is 0 Å². The highest BCUT2D eigenvalue weighted by Crippen LogP contribution is 2.21. The first-order valence-corrected chi connectivity index (χ1v) is 9.82. The molecule has 1 fully saturated rings. The second-order valence-electron chi connectivity index (χ2n) is 6.48. The molecule has 0 spiro atoms. The van der Waals surface area contributed by atoms with E-state index in [0.29, 0.717) is 23.2 Å². The topological polar surface area (TPSA) is 87.5 Å². The molecule has 1 unspecified atom stereocenters. The monoisotopic (exact) mass is 368 g/mol. The molecule has 7 nitrogen and oxygen atoms in total. The van der Waals surface area contributed by atoms with E-state index < -0.39 is 0 Å². The Morgan fingerprint density at radius 3 is 2.76 bits per heavy atom. The van der Waals surface area contributed by atoms with E-state index in [-0.39, 0.29) is 17.1 Å². The van der Waals surface area contributed by atoms with Gasteiger partial charge < -0.3 is 20.1 Å². The van der Waals surface area contributed by atoms with Crippen LogP contribution in [0.2, 0.25) is 0 Å². The van der Waals surface area contributed by atoms with Crippen LogP contribution in [0.5, 0.6) is 0 Å². The fourth-order valence-electron chi connectivity index (χ4n) is 2.84. The van der Waals surface area contributed by atoms with Crippen molar-refractivity contribution in [2.24, 2.45) is 5.92 Å². The lowest BCUT2D eigenvalue weighted by molar-refractivity contribution is -0.129. The number of rotatable bonds is 8. The van der Waals surface area contributed by atoms with E-state index in [2.05, 4.69) is 15.8 Å². The highest BCUT2D eigenvalue weighted by atomic mass is 32.2. The minimum absolute atomic E-state index is 0.119. The lowest BCUT2D eigenvalue weighted by Gasteiger charge is -2.32. The highest BCUT2D eigenvalue weighted by molar-refractivity contribution is 8.01. The third-order valence-corrected chi connectivity index (χ3v) is 5.60. The Morgan fingerprint density at radius 1 is 1.44 bits per heavy atom. The summed E-state index contributed by atoms with van der Waals surface area (Å²) in [6, 6.07) is 1.67. The lowest BCUT2D eigenvalue weighted by atomic mass is 9.93. The van der Waals surface area contributed by atoms with E-state index in [0.717, 1.165) is 32.5 Å². The summed E-state index contributed by atoms with van der Waals surface area (Å²) in [7, 11) is 1.97. The Morgan fingerprint density at radius 2 is 2.16 bits per heavy atom. The third-order valence-electron chi connectivity index (χ3n) is 4.48. The number of amides is 2. The first kappa shape index (κ1) is 19.8. The number of likely N-dealkylation sites (tertiary alicyclic amines) is 1. The number of thioether (sulfide) groups is 1. The van der Waals surface area contributed by atoms with Crippen LogP contribution in [-0.4, -0.2) is 59.6 Å². The molecule has 140 valence electrons. The van der Waals surface area contributed by atoms with Gasteiger partial charge in [-0.05, 0) is 52.6 Å². The zero-order valence-electron chi connectivity index (χ0n) is 15.2. The van der Waals surface area contributed by atoms with Crippen LogP contribution in [0.3, 0.4) is 0 Å². The minimum Gasteiger partial charge on any atom is -0.360 e. The number of nitrogens with one attached hydrogen (secondary N) is 2. The van der Waals surface area contributed by atoms with E-state index in [1.54, 1.807) is 19.9 Å². The van der Waals surface area contributed by atoms with Crippen LogP contribution in [0, 0.1) is 12.8 Å². The number of carbonyl (C=O) groups is 2. The number of nitrogens with zero attached hydrogens (tertiary/aromatic N) is 2. The summed E-state index contributed by atoms with van der Waals surface area (Å²) in [5, 5.41) is 9.29. The van der Waals surface area contributed by atoms with E-state index >= 15 is 0 Å². The Kier molecular flexibility index (Phi) is 7.77. The van der Waals surface area contributed by atoms with Crippen LogP contribution >= 0.6 is 11.8 Å². The Bertz CT molecular complexity index is 570. The summed E-state index contributed by atoms with van der Waals surface area (Å²) in [5.74, 6) is 2.03. The predicted molar refractivity (Wildman–Crippen MR) is 99.6 cm³/mol. The molecule has 1 aromatic heterocycles. The molecular weight excluding hydrogens is 340 g/mol. The molecule has 1 aliphatic heterocycles. The van der Waals surface area contributed by atoms with Gasteiger partial charge in [0, 0.05) is 19.2 Å². The number of hydrogen-bond donors (Lipinski definition) is 2. The maximum atomic E-state index is 12.3. The molecule has 0 bridgehead atoms. The smallest absolute Gasteiger partial charge is 0.238 e. The molecule has 1 aliphatic rings. The molecular formula is C17H28N4O3S. The van der Waals surface area contributed by atoms with Crippen LogP contribution in [-0.2, 0) is 9.59 Å². The molecule has 1 saturated heterocycles. The average molecular weight is 369 g/mol. The molecule has 2 rings (SSSR count). The Hall–Kier alpha value is -1.54. The normalized spacial score (nSPS) is 16.7. The summed E-state index contributed by atoms with van der Waals surface area (Å²) in [6.45, 7) is 6.25. The van der Waals surface area contributed by atoms with Gasteiger partial charge in [-0.3, -0.25) is 9.59 Å². The number of aryl methyl sites for hydroxylation is 1. The third kappa shape index (κ3) is 6.36. The molecule has 1 aromatic rings. The van der Waals surface area contributed by atoms with E-state index in [4.69, 9.17) is 4.52 Å². The molecule has 8 heteroatoms. The predicted octanol–water partition coefficient (Wildman–Crippen LogP) is 1.89. The Labute approximate surface area is 153 Å². The maximum Gasteiger partial charge on any atom is 0.238 e. The van der Waals surface area contributed by atoms with Crippen molar-refractivity contribution < 1.29 is 14.1 Å². The zero-order valence-corrected chi connectivity index (χ0v) is 16.0. The fourth-order valence-corrected chi connectivity index (χ4v) is 3.62. The molecule has 25 heavy (non-hydrogen) atoms. The number of hydrogen-bond acceptors (Lipinski definition) is 6. The number of carbonyl (C=O) groups excluding carboxylic acids is 2. The number of piperidine rings is 1. The summed E-state index contributed by atoms with van der Waals surface area (Å²) < 4.78 is 4.92. The largest absolute Gasteiger partial charge is 0.360 e. The molecule has 2 heterocycles. The standard InChI is InChI=1S/C17H28N4O3S/c1-12-10-15(20-24-12)19-17(23)13(2)25-11-16(22)21-8-5-14(6-9-21)4-7-18-3/h10,13-14,18H,4-9,11H2,1-3H3,(H,19,20,23). The van der Waals surface area contributed by atoms with Gasteiger partial charge in [-0.25, -0.2) is 0 Å². The number of aromatic nitrogens is 1. The molecule has 0 aliphatic carbocycles. The first-order valence-electron chi connectivity index (χ1n) is 8.77. The molecule has 2 N–H and O–H groups in total. The van der Waals surface area contributed by atoms with Gasteiger partial charge in [0.15, 0.2) is 5.82 Å². The summed E-state index contributed by atoms with van der Waals surface area (Å²) in [6.07, 6.45) is 3.31. The van der Waals surface area contributed by atoms with Crippen molar-refractivity contribution in [2.45, 2.75) is 38.4 Å². The molecule has 2 amide bonds.